The zero-order valence-electron chi connectivity index (χ0n) is 21.9. The third-order valence-electron chi connectivity index (χ3n) is 8.07. The van der Waals surface area contributed by atoms with Gasteiger partial charge >= 0.3 is 0 Å². The Hall–Kier alpha value is -2.64. The first-order valence-corrected chi connectivity index (χ1v) is 14.2. The number of aliphatic hydroxyl groups is 1. The van der Waals surface area contributed by atoms with Gasteiger partial charge in [-0.25, -0.2) is 4.98 Å². The number of carbonyl (C=O) groups excluding carboxylic acids is 1. The lowest BCUT2D eigenvalue weighted by Gasteiger charge is -2.32. The van der Waals surface area contributed by atoms with E-state index in [-0.39, 0.29) is 12.0 Å². The topological polar surface area (TPSA) is 83.3 Å². The van der Waals surface area contributed by atoms with Crippen molar-refractivity contribution < 1.29 is 9.90 Å². The van der Waals surface area contributed by atoms with Gasteiger partial charge in [0.1, 0.15) is 5.65 Å². The normalized spacial score (nSPS) is 21.8. The van der Waals surface area contributed by atoms with Crippen LogP contribution in [0.3, 0.4) is 0 Å². The van der Waals surface area contributed by atoms with Crippen LogP contribution >= 0.6 is 11.6 Å². The second-order valence-electron chi connectivity index (χ2n) is 10.8. The Morgan fingerprint density at radius 2 is 1.84 bits per heavy atom. The molecule has 1 aromatic carbocycles. The van der Waals surface area contributed by atoms with Crippen LogP contribution in [0.1, 0.15) is 93.1 Å². The Morgan fingerprint density at radius 1 is 1.14 bits per heavy atom. The molecular formula is C29H38ClN5O2. The Morgan fingerprint density at radius 3 is 2.51 bits per heavy atom. The molecule has 0 spiro atoms. The Kier molecular flexibility index (Phi) is 8.01. The van der Waals surface area contributed by atoms with E-state index in [0.29, 0.717) is 34.5 Å². The minimum absolute atomic E-state index is 0.0681. The maximum Gasteiger partial charge on any atom is 0.253 e. The van der Waals surface area contributed by atoms with Crippen LogP contribution in [0.2, 0.25) is 5.02 Å². The van der Waals surface area contributed by atoms with E-state index in [1.165, 1.54) is 5.56 Å². The maximum absolute atomic E-state index is 13.0. The number of hydrogen-bond acceptors (Lipinski definition) is 5. The van der Waals surface area contributed by atoms with Crippen molar-refractivity contribution in [2.24, 2.45) is 0 Å². The van der Waals surface area contributed by atoms with Crippen molar-refractivity contribution >= 4 is 34.5 Å². The van der Waals surface area contributed by atoms with Gasteiger partial charge in [-0.2, -0.15) is 4.98 Å². The molecule has 7 nitrogen and oxygen atoms in total. The molecule has 1 amide bonds. The van der Waals surface area contributed by atoms with Crippen LogP contribution in [0.15, 0.2) is 36.7 Å². The molecule has 5 rings (SSSR count). The summed E-state index contributed by atoms with van der Waals surface area (Å²) < 4.78 is 2.35. The van der Waals surface area contributed by atoms with Crippen molar-refractivity contribution in [2.45, 2.75) is 89.3 Å². The fourth-order valence-corrected chi connectivity index (χ4v) is 6.08. The molecule has 37 heavy (non-hydrogen) atoms. The fourth-order valence-electron chi connectivity index (χ4n) is 5.96. The van der Waals surface area contributed by atoms with Crippen molar-refractivity contribution in [3.05, 3.63) is 52.8 Å². The van der Waals surface area contributed by atoms with E-state index in [9.17, 15) is 9.90 Å². The number of nitrogens with one attached hydrogen (secondary N) is 1. The quantitative estimate of drug-likeness (QED) is 0.386. The van der Waals surface area contributed by atoms with Crippen LogP contribution in [0, 0.1) is 0 Å². The van der Waals surface area contributed by atoms with E-state index in [4.69, 9.17) is 21.6 Å². The zero-order chi connectivity index (χ0) is 25.9. The van der Waals surface area contributed by atoms with Crippen LogP contribution in [0.25, 0.3) is 11.0 Å². The summed E-state index contributed by atoms with van der Waals surface area (Å²) in [5.41, 5.74) is 2.95. The molecule has 3 aromatic rings. The molecule has 1 atom stereocenters. The molecule has 198 valence electrons. The lowest BCUT2D eigenvalue weighted by molar-refractivity contribution is 0.0713. The minimum Gasteiger partial charge on any atom is -0.393 e. The number of halogens is 1. The summed E-state index contributed by atoms with van der Waals surface area (Å²) in [6.45, 7) is 5.81. The molecule has 1 aliphatic heterocycles. The average molecular weight is 524 g/mol. The molecule has 1 aliphatic carbocycles. The van der Waals surface area contributed by atoms with Crippen LogP contribution in [0.5, 0.6) is 0 Å². The number of carbonyl (C=O) groups is 1. The fraction of sp³-hybridized carbons (Fsp3) is 0.552. The van der Waals surface area contributed by atoms with Crippen LogP contribution < -0.4 is 5.32 Å². The number of fused-ring (bicyclic) bond motifs is 1. The summed E-state index contributed by atoms with van der Waals surface area (Å²) in [5.74, 6) is 1.10. The number of anilines is 1. The third kappa shape index (κ3) is 5.78. The van der Waals surface area contributed by atoms with E-state index in [1.807, 2.05) is 11.1 Å². The van der Waals surface area contributed by atoms with E-state index < -0.39 is 0 Å². The molecule has 2 aliphatic rings. The van der Waals surface area contributed by atoms with Crippen molar-refractivity contribution in [2.75, 3.05) is 18.4 Å². The summed E-state index contributed by atoms with van der Waals surface area (Å²) in [6.07, 6.45) is 11.7. The molecule has 0 unspecified atom stereocenters. The van der Waals surface area contributed by atoms with Crippen LogP contribution in [0.4, 0.5) is 5.95 Å². The van der Waals surface area contributed by atoms with Gasteiger partial charge in [0, 0.05) is 53.5 Å². The number of aliphatic hydroxyl groups excluding tert-OH is 1. The molecule has 1 saturated carbocycles. The van der Waals surface area contributed by atoms with E-state index in [0.717, 1.165) is 75.5 Å². The van der Waals surface area contributed by atoms with Gasteiger partial charge in [-0.1, -0.05) is 24.9 Å². The highest BCUT2D eigenvalue weighted by molar-refractivity contribution is 6.30. The Balaban J connectivity index is 1.38. The average Bonchev–Trinajstić information content (AvgIpc) is 3.28. The SMILES string of the molecule is CCC[C@H](C)Nc1ncc2c(C3CCN(C(=O)c4ccc(Cl)cc4)CC3)cn([C@H]3CC[C@H](O)CC3)c2n1. The molecule has 1 saturated heterocycles. The largest absolute Gasteiger partial charge is 0.393 e. The minimum atomic E-state index is -0.193. The second kappa shape index (κ2) is 11.4. The highest BCUT2D eigenvalue weighted by Gasteiger charge is 2.29. The van der Waals surface area contributed by atoms with Gasteiger partial charge in [0.15, 0.2) is 0 Å². The predicted molar refractivity (Wildman–Crippen MR) is 148 cm³/mol. The Labute approximate surface area is 224 Å². The van der Waals surface area contributed by atoms with Gasteiger partial charge in [0.25, 0.3) is 5.91 Å². The summed E-state index contributed by atoms with van der Waals surface area (Å²) in [5, 5.41) is 15.3. The first kappa shape index (κ1) is 26.0. The lowest BCUT2D eigenvalue weighted by Crippen LogP contribution is -2.37. The van der Waals surface area contributed by atoms with E-state index in [1.54, 1.807) is 24.3 Å². The second-order valence-corrected chi connectivity index (χ2v) is 11.2. The van der Waals surface area contributed by atoms with Gasteiger partial charge in [-0.3, -0.25) is 4.79 Å². The number of aromatic nitrogens is 3. The molecular weight excluding hydrogens is 486 g/mol. The summed E-state index contributed by atoms with van der Waals surface area (Å²) in [4.78, 5) is 24.7. The number of rotatable bonds is 7. The number of amides is 1. The number of hydrogen-bond donors (Lipinski definition) is 2. The third-order valence-corrected chi connectivity index (χ3v) is 8.32. The molecule has 0 bridgehead atoms. The van der Waals surface area contributed by atoms with E-state index >= 15 is 0 Å². The first-order chi connectivity index (χ1) is 17.9. The number of piperidine rings is 1. The molecule has 2 N–H and O–H groups in total. The van der Waals surface area contributed by atoms with Crippen LogP contribution in [-0.4, -0.2) is 55.7 Å². The number of nitrogens with zero attached hydrogens (tertiary/aromatic N) is 4. The van der Waals surface area contributed by atoms with Crippen molar-refractivity contribution in [3.63, 3.8) is 0 Å². The maximum atomic E-state index is 13.0. The highest BCUT2D eigenvalue weighted by atomic mass is 35.5. The van der Waals surface area contributed by atoms with Crippen LogP contribution in [-0.2, 0) is 0 Å². The van der Waals surface area contributed by atoms with Crippen molar-refractivity contribution in [3.8, 4) is 0 Å². The van der Waals surface area contributed by atoms with Gasteiger partial charge in [0.05, 0.1) is 6.10 Å². The smallest absolute Gasteiger partial charge is 0.253 e. The lowest BCUT2D eigenvalue weighted by atomic mass is 9.89. The zero-order valence-corrected chi connectivity index (χ0v) is 22.6. The molecule has 8 heteroatoms. The van der Waals surface area contributed by atoms with Gasteiger partial charge < -0.3 is 19.9 Å². The first-order valence-electron chi connectivity index (χ1n) is 13.8. The summed E-state index contributed by atoms with van der Waals surface area (Å²) >= 11 is 6.00. The molecule has 2 aromatic heterocycles. The predicted octanol–water partition coefficient (Wildman–Crippen LogP) is 6.18. The monoisotopic (exact) mass is 523 g/mol. The number of benzene rings is 1. The molecule has 3 heterocycles. The summed E-state index contributed by atoms with van der Waals surface area (Å²) in [7, 11) is 0. The Bertz CT molecular complexity index is 1210. The van der Waals surface area contributed by atoms with Gasteiger partial charge in [0.2, 0.25) is 5.95 Å². The molecule has 0 radical (unpaired) electrons. The standard InChI is InChI=1S/C29H38ClN5O2/c1-3-4-19(2)32-29-31-17-25-26(18-35(27(25)33-29)23-9-11-24(36)12-10-23)20-13-15-34(16-14-20)28(37)21-5-7-22(30)8-6-21/h5-8,17-20,23-24,36H,3-4,9-16H2,1-2H3,(H,31,32,33)/t19-,23-,24-/m0/s1. The van der Waals surface area contributed by atoms with Gasteiger partial charge in [-0.15, -0.1) is 0 Å². The van der Waals surface area contributed by atoms with E-state index in [2.05, 4.69) is 29.9 Å². The van der Waals surface area contributed by atoms with Crippen molar-refractivity contribution in [1.82, 2.24) is 19.4 Å². The highest BCUT2D eigenvalue weighted by Crippen LogP contribution is 2.38. The van der Waals surface area contributed by atoms with Gasteiger partial charge in [-0.05, 0) is 87.6 Å². The summed E-state index contributed by atoms with van der Waals surface area (Å²) in [6, 6.07) is 7.80. The van der Waals surface area contributed by atoms with Crippen molar-refractivity contribution in [1.29, 1.82) is 0 Å². The number of likely N-dealkylation sites (tertiary alicyclic amines) is 1. The molecule has 2 fully saturated rings.